The molecule has 2 aromatic carbocycles. The predicted octanol–water partition coefficient (Wildman–Crippen LogP) is 3.41. The number of rotatable bonds is 10. The zero-order valence-electron chi connectivity index (χ0n) is 18.5. The Morgan fingerprint density at radius 1 is 1.06 bits per heavy atom. The van der Waals surface area contributed by atoms with Crippen molar-refractivity contribution in [3.05, 3.63) is 65.7 Å². The molecule has 0 spiro atoms. The molecule has 3 rings (SSSR count). The average Bonchev–Trinajstić information content (AvgIpc) is 2.82. The van der Waals surface area contributed by atoms with Crippen molar-refractivity contribution in [1.82, 2.24) is 9.80 Å². The van der Waals surface area contributed by atoms with Gasteiger partial charge in [-0.05, 0) is 36.8 Å². The van der Waals surface area contributed by atoms with Crippen LogP contribution in [-0.4, -0.2) is 67.0 Å². The van der Waals surface area contributed by atoms with E-state index in [-0.39, 0.29) is 24.3 Å². The highest BCUT2D eigenvalue weighted by molar-refractivity contribution is 5.95. The third-order valence-electron chi connectivity index (χ3n) is 5.53. The van der Waals surface area contributed by atoms with Crippen LogP contribution in [0, 0.1) is 0 Å². The summed E-state index contributed by atoms with van der Waals surface area (Å²) in [5.41, 5.74) is 1.75. The Labute approximate surface area is 184 Å². The van der Waals surface area contributed by atoms with Crippen LogP contribution in [0.1, 0.15) is 36.2 Å². The summed E-state index contributed by atoms with van der Waals surface area (Å²) in [5, 5.41) is 0. The van der Waals surface area contributed by atoms with Gasteiger partial charge in [-0.25, -0.2) is 0 Å². The van der Waals surface area contributed by atoms with Crippen LogP contribution >= 0.6 is 0 Å². The lowest BCUT2D eigenvalue weighted by atomic mass is 10.1. The van der Waals surface area contributed by atoms with Crippen LogP contribution < -0.4 is 4.74 Å². The van der Waals surface area contributed by atoms with Gasteiger partial charge in [0.05, 0.1) is 13.2 Å². The number of amides is 1. The monoisotopic (exact) mass is 424 g/mol. The van der Waals surface area contributed by atoms with Crippen LogP contribution in [0.5, 0.6) is 5.75 Å². The first-order chi connectivity index (χ1) is 15.1. The van der Waals surface area contributed by atoms with E-state index in [4.69, 9.17) is 9.47 Å². The molecule has 0 aromatic heterocycles. The summed E-state index contributed by atoms with van der Waals surface area (Å²) in [6, 6.07) is 17.0. The Balaban J connectivity index is 1.63. The molecule has 166 valence electrons. The standard InChI is InChI=1S/C25H32N2O4/c1-3-24(28)22-9-11-23(12-10-22)31-19-25(29)27(18-21-7-5-4-6-8-21)20(2)17-26-13-15-30-16-14-26/h4-12,20H,3,13-19H2,1-2H3. The van der Waals surface area contributed by atoms with Crippen molar-refractivity contribution in [3.8, 4) is 5.75 Å². The van der Waals surface area contributed by atoms with Crippen molar-refractivity contribution >= 4 is 11.7 Å². The largest absolute Gasteiger partial charge is 0.484 e. The highest BCUT2D eigenvalue weighted by Gasteiger charge is 2.24. The lowest BCUT2D eigenvalue weighted by Crippen LogP contribution is -2.49. The number of carbonyl (C=O) groups excluding carboxylic acids is 2. The molecule has 1 unspecified atom stereocenters. The van der Waals surface area contributed by atoms with Crippen LogP contribution in [0.15, 0.2) is 54.6 Å². The lowest BCUT2D eigenvalue weighted by molar-refractivity contribution is -0.136. The van der Waals surface area contributed by atoms with Gasteiger partial charge in [0.2, 0.25) is 0 Å². The molecule has 6 nitrogen and oxygen atoms in total. The van der Waals surface area contributed by atoms with Gasteiger partial charge in [0.1, 0.15) is 5.75 Å². The summed E-state index contributed by atoms with van der Waals surface area (Å²) in [7, 11) is 0. The molecular formula is C25H32N2O4. The molecule has 1 aliphatic rings. The molecule has 0 bridgehead atoms. The second-order valence-corrected chi connectivity index (χ2v) is 7.86. The van der Waals surface area contributed by atoms with E-state index in [0.29, 0.717) is 24.3 Å². The predicted molar refractivity (Wildman–Crippen MR) is 120 cm³/mol. The fourth-order valence-corrected chi connectivity index (χ4v) is 3.70. The molecule has 1 amide bonds. The molecule has 1 fully saturated rings. The summed E-state index contributed by atoms with van der Waals surface area (Å²) in [6.07, 6.45) is 0.466. The third kappa shape index (κ3) is 6.91. The molecule has 0 radical (unpaired) electrons. The molecule has 1 aliphatic heterocycles. The van der Waals surface area contributed by atoms with E-state index >= 15 is 0 Å². The van der Waals surface area contributed by atoms with E-state index in [1.165, 1.54) is 0 Å². The summed E-state index contributed by atoms with van der Waals surface area (Å²) < 4.78 is 11.2. The van der Waals surface area contributed by atoms with Crippen molar-refractivity contribution in [2.45, 2.75) is 32.9 Å². The molecule has 0 saturated carbocycles. The first-order valence-electron chi connectivity index (χ1n) is 11.0. The minimum Gasteiger partial charge on any atom is -0.484 e. The molecule has 2 aromatic rings. The van der Waals surface area contributed by atoms with Crippen LogP contribution in [0.3, 0.4) is 0 Å². The maximum Gasteiger partial charge on any atom is 0.261 e. The number of ether oxygens (including phenoxy) is 2. The Kier molecular flexibility index (Phi) is 8.62. The minimum atomic E-state index is -0.0571. The fraction of sp³-hybridized carbons (Fsp3) is 0.440. The molecule has 1 atom stereocenters. The number of hydrogen-bond donors (Lipinski definition) is 0. The Morgan fingerprint density at radius 2 is 1.74 bits per heavy atom. The van der Waals surface area contributed by atoms with Crippen molar-refractivity contribution in [2.24, 2.45) is 0 Å². The van der Waals surface area contributed by atoms with Gasteiger partial charge in [-0.3, -0.25) is 14.5 Å². The van der Waals surface area contributed by atoms with Gasteiger partial charge in [-0.2, -0.15) is 0 Å². The molecular weight excluding hydrogens is 392 g/mol. The SMILES string of the molecule is CCC(=O)c1ccc(OCC(=O)N(Cc2ccccc2)C(C)CN2CCOCC2)cc1. The van der Waals surface area contributed by atoms with E-state index in [9.17, 15) is 9.59 Å². The Morgan fingerprint density at radius 3 is 2.39 bits per heavy atom. The number of carbonyl (C=O) groups is 2. The number of ketones is 1. The van der Waals surface area contributed by atoms with E-state index in [2.05, 4.69) is 11.8 Å². The zero-order valence-corrected chi connectivity index (χ0v) is 18.5. The lowest BCUT2D eigenvalue weighted by Gasteiger charge is -2.35. The van der Waals surface area contributed by atoms with E-state index in [1.807, 2.05) is 42.2 Å². The summed E-state index contributed by atoms with van der Waals surface area (Å²) >= 11 is 0. The van der Waals surface area contributed by atoms with E-state index in [0.717, 1.165) is 38.4 Å². The third-order valence-corrected chi connectivity index (χ3v) is 5.53. The summed E-state index contributed by atoms with van der Waals surface area (Å²) in [4.78, 5) is 29.1. The van der Waals surface area contributed by atoms with Crippen molar-refractivity contribution < 1.29 is 19.1 Å². The number of Topliss-reactive ketones (excluding diaryl/α,β-unsaturated/α-hetero) is 1. The topological polar surface area (TPSA) is 59.1 Å². The smallest absolute Gasteiger partial charge is 0.261 e. The maximum absolute atomic E-state index is 13.1. The molecule has 6 heteroatoms. The van der Waals surface area contributed by atoms with Crippen molar-refractivity contribution in [1.29, 1.82) is 0 Å². The zero-order chi connectivity index (χ0) is 22.1. The second kappa shape index (κ2) is 11.6. The normalized spacial score (nSPS) is 15.3. The first kappa shape index (κ1) is 23.0. The number of morpholine rings is 1. The van der Waals surface area contributed by atoms with Crippen molar-refractivity contribution in [3.63, 3.8) is 0 Å². The number of benzene rings is 2. The number of hydrogen-bond acceptors (Lipinski definition) is 5. The fourth-order valence-electron chi connectivity index (χ4n) is 3.70. The Hall–Kier alpha value is -2.70. The molecule has 1 heterocycles. The molecule has 1 saturated heterocycles. The van der Waals surface area contributed by atoms with Crippen molar-refractivity contribution in [2.75, 3.05) is 39.5 Å². The van der Waals surface area contributed by atoms with E-state index < -0.39 is 0 Å². The average molecular weight is 425 g/mol. The van der Waals surface area contributed by atoms with Gasteiger partial charge in [0, 0.05) is 44.2 Å². The van der Waals surface area contributed by atoms with Crippen LogP contribution in [0.2, 0.25) is 0 Å². The van der Waals surface area contributed by atoms with Gasteiger partial charge in [0.25, 0.3) is 5.91 Å². The van der Waals surface area contributed by atoms with Gasteiger partial charge < -0.3 is 14.4 Å². The quantitative estimate of drug-likeness (QED) is 0.547. The van der Waals surface area contributed by atoms with Gasteiger partial charge in [-0.15, -0.1) is 0 Å². The first-order valence-corrected chi connectivity index (χ1v) is 11.0. The van der Waals surface area contributed by atoms with Crippen LogP contribution in [0.4, 0.5) is 0 Å². The second-order valence-electron chi connectivity index (χ2n) is 7.86. The van der Waals surface area contributed by atoms with E-state index in [1.54, 1.807) is 24.3 Å². The highest BCUT2D eigenvalue weighted by atomic mass is 16.5. The molecule has 0 aliphatic carbocycles. The Bertz CT molecular complexity index is 832. The minimum absolute atomic E-state index is 0.0403. The highest BCUT2D eigenvalue weighted by Crippen LogP contribution is 2.15. The van der Waals surface area contributed by atoms with Gasteiger partial charge >= 0.3 is 0 Å². The van der Waals surface area contributed by atoms with Gasteiger partial charge in [-0.1, -0.05) is 37.3 Å². The summed E-state index contributed by atoms with van der Waals surface area (Å²) in [6.45, 7) is 8.47. The molecule has 31 heavy (non-hydrogen) atoms. The maximum atomic E-state index is 13.1. The summed E-state index contributed by atoms with van der Waals surface area (Å²) in [5.74, 6) is 0.619. The van der Waals surface area contributed by atoms with Gasteiger partial charge in [0.15, 0.2) is 12.4 Å². The molecule has 0 N–H and O–H groups in total. The van der Waals surface area contributed by atoms with Crippen LogP contribution in [0.25, 0.3) is 0 Å². The van der Waals surface area contributed by atoms with Crippen LogP contribution in [-0.2, 0) is 16.1 Å². The number of nitrogens with zero attached hydrogens (tertiary/aromatic N) is 2.